The summed E-state index contributed by atoms with van der Waals surface area (Å²) in [4.78, 5) is 0. The molecule has 0 fully saturated rings. The molecule has 18 heavy (non-hydrogen) atoms. The molecule has 0 spiro atoms. The van der Waals surface area contributed by atoms with Gasteiger partial charge in [0.15, 0.2) is 0 Å². The second-order valence-corrected chi connectivity index (χ2v) is 4.16. The normalized spacial score (nSPS) is 13.1. The van der Waals surface area contributed by atoms with E-state index >= 15 is 0 Å². The van der Waals surface area contributed by atoms with E-state index in [1.165, 1.54) is 12.1 Å². The lowest BCUT2D eigenvalue weighted by Gasteiger charge is -2.12. The van der Waals surface area contributed by atoms with Crippen molar-refractivity contribution in [2.75, 3.05) is 20.3 Å². The zero-order valence-corrected chi connectivity index (χ0v) is 10.7. The first-order valence-electron chi connectivity index (χ1n) is 6.18. The molecule has 0 radical (unpaired) electrons. The van der Waals surface area contributed by atoms with Crippen molar-refractivity contribution in [3.8, 4) is 0 Å². The van der Waals surface area contributed by atoms with Crippen molar-refractivity contribution in [2.45, 2.75) is 19.4 Å². The van der Waals surface area contributed by atoms with Gasteiger partial charge in [0.05, 0.1) is 6.04 Å². The van der Waals surface area contributed by atoms with E-state index in [9.17, 15) is 4.39 Å². The summed E-state index contributed by atoms with van der Waals surface area (Å²) in [5.74, 6) is 0.572. The van der Waals surface area contributed by atoms with Gasteiger partial charge in [-0.2, -0.15) is 0 Å². The van der Waals surface area contributed by atoms with Crippen LogP contribution in [0.2, 0.25) is 0 Å². The topological polar surface area (TPSA) is 34.4 Å². The first-order chi connectivity index (χ1) is 8.74. The highest BCUT2D eigenvalue weighted by Gasteiger charge is 2.14. The summed E-state index contributed by atoms with van der Waals surface area (Å²) in [7, 11) is 1.88. The fraction of sp³-hybridized carbons (Fsp3) is 0.429. The molecule has 1 heterocycles. The Bertz CT molecular complexity index is 509. The SMILES string of the molecule is CCOCCC(NC)c1cc2cc(F)ccc2o1. The number of nitrogens with one attached hydrogen (secondary N) is 1. The third-order valence-electron chi connectivity index (χ3n) is 2.94. The first-order valence-corrected chi connectivity index (χ1v) is 6.18. The maximum Gasteiger partial charge on any atom is 0.134 e. The van der Waals surface area contributed by atoms with Crippen molar-refractivity contribution in [1.82, 2.24) is 5.32 Å². The zero-order chi connectivity index (χ0) is 13.0. The molecule has 2 rings (SSSR count). The Labute approximate surface area is 106 Å². The number of fused-ring (bicyclic) bond motifs is 1. The molecule has 2 aromatic rings. The second kappa shape index (κ2) is 5.98. The van der Waals surface area contributed by atoms with E-state index in [4.69, 9.17) is 9.15 Å². The quantitative estimate of drug-likeness (QED) is 0.800. The molecule has 0 aliphatic heterocycles. The summed E-state index contributed by atoms with van der Waals surface area (Å²) in [6.45, 7) is 3.35. The minimum atomic E-state index is -0.245. The van der Waals surface area contributed by atoms with Gasteiger partial charge in [-0.05, 0) is 44.7 Å². The molecule has 1 unspecified atom stereocenters. The largest absolute Gasteiger partial charge is 0.459 e. The number of halogens is 1. The maximum absolute atomic E-state index is 13.1. The van der Waals surface area contributed by atoms with E-state index in [0.717, 1.165) is 17.6 Å². The molecule has 98 valence electrons. The molecule has 0 amide bonds. The van der Waals surface area contributed by atoms with Crippen molar-refractivity contribution in [3.05, 3.63) is 35.8 Å². The Morgan fingerprint density at radius 3 is 2.94 bits per heavy atom. The Balaban J connectivity index is 2.17. The molecule has 1 aromatic carbocycles. The summed E-state index contributed by atoms with van der Waals surface area (Å²) in [6, 6.07) is 6.52. The van der Waals surface area contributed by atoms with E-state index < -0.39 is 0 Å². The van der Waals surface area contributed by atoms with Crippen LogP contribution < -0.4 is 5.32 Å². The van der Waals surface area contributed by atoms with E-state index in [1.54, 1.807) is 6.07 Å². The number of benzene rings is 1. The molecule has 3 nitrogen and oxygen atoms in total. The highest BCUT2D eigenvalue weighted by molar-refractivity contribution is 5.78. The van der Waals surface area contributed by atoms with E-state index in [-0.39, 0.29) is 11.9 Å². The van der Waals surface area contributed by atoms with Gasteiger partial charge in [0.2, 0.25) is 0 Å². The predicted octanol–water partition coefficient (Wildman–Crippen LogP) is 3.26. The van der Waals surface area contributed by atoms with Crippen molar-refractivity contribution in [3.63, 3.8) is 0 Å². The van der Waals surface area contributed by atoms with E-state index in [1.807, 2.05) is 20.0 Å². The number of furan rings is 1. The van der Waals surface area contributed by atoms with Crippen molar-refractivity contribution < 1.29 is 13.5 Å². The van der Waals surface area contributed by atoms with Gasteiger partial charge in [-0.3, -0.25) is 0 Å². The molecule has 1 N–H and O–H groups in total. The number of hydrogen-bond acceptors (Lipinski definition) is 3. The molecule has 0 saturated carbocycles. The summed E-state index contributed by atoms with van der Waals surface area (Å²) in [5, 5.41) is 3.98. The molecular weight excluding hydrogens is 233 g/mol. The summed E-state index contributed by atoms with van der Waals surface area (Å²) in [5.41, 5.74) is 0.711. The van der Waals surface area contributed by atoms with Crippen molar-refractivity contribution in [2.24, 2.45) is 0 Å². The molecular formula is C14H18FNO2. The fourth-order valence-corrected chi connectivity index (χ4v) is 1.98. The molecule has 0 aliphatic carbocycles. The molecule has 0 aliphatic rings. The Morgan fingerprint density at radius 1 is 1.39 bits per heavy atom. The van der Waals surface area contributed by atoms with Crippen LogP contribution in [0.5, 0.6) is 0 Å². The smallest absolute Gasteiger partial charge is 0.134 e. The zero-order valence-electron chi connectivity index (χ0n) is 10.7. The van der Waals surface area contributed by atoms with Crippen LogP contribution in [0.3, 0.4) is 0 Å². The van der Waals surface area contributed by atoms with Gasteiger partial charge in [0.25, 0.3) is 0 Å². The average molecular weight is 251 g/mol. The number of ether oxygens (including phenoxy) is 1. The van der Waals surface area contributed by atoms with Crippen LogP contribution in [0.15, 0.2) is 28.7 Å². The minimum Gasteiger partial charge on any atom is -0.459 e. The Hall–Kier alpha value is -1.39. The van der Waals surface area contributed by atoms with Gasteiger partial charge in [0, 0.05) is 18.6 Å². The highest BCUT2D eigenvalue weighted by Crippen LogP contribution is 2.26. The molecule has 1 atom stereocenters. The van der Waals surface area contributed by atoms with Crippen LogP contribution in [-0.4, -0.2) is 20.3 Å². The average Bonchev–Trinajstić information content (AvgIpc) is 2.77. The van der Waals surface area contributed by atoms with Crippen LogP contribution in [0, 0.1) is 5.82 Å². The van der Waals surface area contributed by atoms with Crippen molar-refractivity contribution >= 4 is 11.0 Å². The number of rotatable bonds is 6. The summed E-state index contributed by atoms with van der Waals surface area (Å²) >= 11 is 0. The van der Waals surface area contributed by atoms with E-state index in [2.05, 4.69) is 5.32 Å². The third-order valence-corrected chi connectivity index (χ3v) is 2.94. The summed E-state index contributed by atoms with van der Waals surface area (Å²) in [6.07, 6.45) is 0.826. The van der Waals surface area contributed by atoms with Crippen LogP contribution in [-0.2, 0) is 4.74 Å². The fourth-order valence-electron chi connectivity index (χ4n) is 1.98. The molecule has 0 bridgehead atoms. The van der Waals surface area contributed by atoms with Crippen LogP contribution in [0.25, 0.3) is 11.0 Å². The number of hydrogen-bond donors (Lipinski definition) is 1. The Kier molecular flexibility index (Phi) is 4.33. The van der Waals surface area contributed by atoms with Crippen LogP contribution in [0.4, 0.5) is 4.39 Å². The van der Waals surface area contributed by atoms with Crippen LogP contribution >= 0.6 is 0 Å². The molecule has 1 aromatic heterocycles. The van der Waals surface area contributed by atoms with Crippen molar-refractivity contribution in [1.29, 1.82) is 0 Å². The lowest BCUT2D eigenvalue weighted by Crippen LogP contribution is -2.17. The monoisotopic (exact) mass is 251 g/mol. The standard InChI is InChI=1S/C14H18FNO2/c1-3-17-7-6-12(16-2)14-9-10-8-11(15)4-5-13(10)18-14/h4-5,8-9,12,16H,3,6-7H2,1-2H3. The lowest BCUT2D eigenvalue weighted by atomic mass is 10.1. The first kappa shape index (κ1) is 13.1. The van der Waals surface area contributed by atoms with E-state index in [0.29, 0.717) is 18.8 Å². The predicted molar refractivity (Wildman–Crippen MR) is 69.1 cm³/mol. The Morgan fingerprint density at radius 2 is 2.22 bits per heavy atom. The highest BCUT2D eigenvalue weighted by atomic mass is 19.1. The minimum absolute atomic E-state index is 0.0898. The maximum atomic E-state index is 13.1. The summed E-state index contributed by atoms with van der Waals surface area (Å²) < 4.78 is 24.2. The van der Waals surface area contributed by atoms with Gasteiger partial charge in [-0.15, -0.1) is 0 Å². The van der Waals surface area contributed by atoms with Gasteiger partial charge in [-0.1, -0.05) is 0 Å². The van der Waals surface area contributed by atoms with Gasteiger partial charge < -0.3 is 14.5 Å². The van der Waals surface area contributed by atoms with Gasteiger partial charge in [-0.25, -0.2) is 4.39 Å². The lowest BCUT2D eigenvalue weighted by molar-refractivity contribution is 0.135. The van der Waals surface area contributed by atoms with Crippen LogP contribution in [0.1, 0.15) is 25.1 Å². The molecule has 0 saturated heterocycles. The molecule has 4 heteroatoms. The third kappa shape index (κ3) is 2.89. The van der Waals surface area contributed by atoms with Gasteiger partial charge >= 0.3 is 0 Å². The van der Waals surface area contributed by atoms with Gasteiger partial charge in [0.1, 0.15) is 17.2 Å². The second-order valence-electron chi connectivity index (χ2n) is 4.16.